The van der Waals surface area contributed by atoms with Gasteiger partial charge in [-0.25, -0.2) is 0 Å². The molecule has 0 heterocycles. The van der Waals surface area contributed by atoms with Crippen LogP contribution < -0.4 is 29.9 Å². The number of methoxy groups -OCH3 is 2. The number of likely N-dealkylation sites (N-methyl/N-ethyl adjacent to an activating group) is 2. The predicted octanol–water partition coefficient (Wildman–Crippen LogP) is 5.20. The molecule has 4 amide bonds. The van der Waals surface area contributed by atoms with Gasteiger partial charge in [0.2, 0.25) is 23.6 Å². The summed E-state index contributed by atoms with van der Waals surface area (Å²) in [5.74, 6) is -0.254. The van der Waals surface area contributed by atoms with Crippen molar-refractivity contribution in [1.82, 2.24) is 10.6 Å². The number of hydrogen-bond donors (Lipinski definition) is 2. The molecule has 0 aliphatic rings. The normalized spacial score (nSPS) is 12.2. The maximum absolute atomic E-state index is 13.8. The van der Waals surface area contributed by atoms with Crippen LogP contribution in [0.1, 0.15) is 31.4 Å². The summed E-state index contributed by atoms with van der Waals surface area (Å²) in [4.78, 5) is 58.1. The van der Waals surface area contributed by atoms with E-state index in [1.54, 1.807) is 90.7 Å². The molecule has 0 radical (unpaired) electrons. The highest BCUT2D eigenvalue weighted by Gasteiger charge is 2.36. The molecule has 10 heteroatoms. The van der Waals surface area contributed by atoms with Gasteiger partial charge in [0.15, 0.2) is 0 Å². The van der Waals surface area contributed by atoms with Gasteiger partial charge >= 0.3 is 0 Å². The maximum atomic E-state index is 13.8. The van der Waals surface area contributed by atoms with E-state index in [0.29, 0.717) is 22.9 Å². The van der Waals surface area contributed by atoms with Crippen molar-refractivity contribution >= 4 is 35.0 Å². The average molecular weight is 679 g/mol. The van der Waals surface area contributed by atoms with Crippen molar-refractivity contribution in [3.05, 3.63) is 120 Å². The van der Waals surface area contributed by atoms with Gasteiger partial charge in [0.05, 0.1) is 19.6 Å². The van der Waals surface area contributed by atoms with Crippen molar-refractivity contribution in [3.63, 3.8) is 0 Å². The largest absolute Gasteiger partial charge is 0.497 e. The van der Waals surface area contributed by atoms with E-state index in [9.17, 15) is 19.2 Å². The van der Waals surface area contributed by atoms with Crippen molar-refractivity contribution in [1.29, 1.82) is 0 Å². The molecule has 2 N–H and O–H groups in total. The molecule has 0 spiro atoms. The van der Waals surface area contributed by atoms with Gasteiger partial charge in [-0.1, -0.05) is 74.5 Å². The van der Waals surface area contributed by atoms with Crippen LogP contribution in [-0.2, 0) is 32.0 Å². The minimum atomic E-state index is -1.22. The van der Waals surface area contributed by atoms with Crippen LogP contribution in [0.25, 0.3) is 0 Å². The highest BCUT2D eigenvalue weighted by molar-refractivity contribution is 6.01. The van der Waals surface area contributed by atoms with Crippen molar-refractivity contribution in [2.24, 2.45) is 5.41 Å². The summed E-state index contributed by atoms with van der Waals surface area (Å²) in [6.07, 6.45) is 0.285. The van der Waals surface area contributed by atoms with Crippen LogP contribution in [-0.4, -0.2) is 64.0 Å². The first-order valence-electron chi connectivity index (χ1n) is 16.4. The highest BCUT2D eigenvalue weighted by atomic mass is 16.5. The Bertz CT molecular complexity index is 1730. The van der Waals surface area contributed by atoms with E-state index in [-0.39, 0.29) is 31.1 Å². The number of amides is 4. The molecule has 262 valence electrons. The van der Waals surface area contributed by atoms with Gasteiger partial charge in [-0.3, -0.25) is 19.2 Å². The third-order valence-corrected chi connectivity index (χ3v) is 8.60. The summed E-state index contributed by atoms with van der Waals surface area (Å²) in [6.45, 7) is 3.30. The van der Waals surface area contributed by atoms with Gasteiger partial charge in [-0.2, -0.15) is 0 Å². The highest BCUT2D eigenvalue weighted by Crippen LogP contribution is 2.24. The molecule has 2 atom stereocenters. The zero-order valence-electron chi connectivity index (χ0n) is 29.5. The van der Waals surface area contributed by atoms with E-state index in [2.05, 4.69) is 10.6 Å². The standard InChI is InChI=1S/C40H46N4O6/c1-40(2,39(48)42-35(26-29-15-11-8-12-16-29)38(47)44(4)31-19-23-33(50-6)24-20-31)27-36(45)41-34(25-28-13-9-7-10-14-28)37(46)43(3)30-17-21-32(49-5)22-18-30/h7-24,34-35H,25-27H2,1-6H3,(H,41,45)(H,42,48)/t34-,35?/m1/s1. The fourth-order valence-corrected chi connectivity index (χ4v) is 5.51. The van der Waals surface area contributed by atoms with Crippen LogP contribution in [0, 0.1) is 5.41 Å². The number of nitrogens with zero attached hydrogens (tertiary/aromatic N) is 2. The summed E-state index contributed by atoms with van der Waals surface area (Å²) >= 11 is 0. The molecule has 1 unspecified atom stereocenters. The number of ether oxygens (including phenoxy) is 2. The predicted molar refractivity (Wildman–Crippen MR) is 195 cm³/mol. The minimum Gasteiger partial charge on any atom is -0.497 e. The van der Waals surface area contributed by atoms with Crippen molar-refractivity contribution in [2.45, 2.75) is 45.2 Å². The molecule has 0 fully saturated rings. The monoisotopic (exact) mass is 678 g/mol. The number of carbonyl (C=O) groups is 4. The zero-order chi connectivity index (χ0) is 36.3. The lowest BCUT2D eigenvalue weighted by molar-refractivity contribution is -0.137. The van der Waals surface area contributed by atoms with E-state index < -0.39 is 29.3 Å². The molecule has 50 heavy (non-hydrogen) atoms. The van der Waals surface area contributed by atoms with Crippen LogP contribution in [0.2, 0.25) is 0 Å². The Labute approximate surface area is 294 Å². The van der Waals surface area contributed by atoms with Crippen molar-refractivity contribution in [3.8, 4) is 11.5 Å². The van der Waals surface area contributed by atoms with E-state index in [0.717, 1.165) is 11.1 Å². The van der Waals surface area contributed by atoms with Gasteiger partial charge < -0.3 is 29.9 Å². The molecular formula is C40H46N4O6. The Kier molecular flexibility index (Phi) is 12.8. The summed E-state index contributed by atoms with van der Waals surface area (Å²) < 4.78 is 10.5. The molecule has 4 aromatic rings. The number of hydrogen-bond acceptors (Lipinski definition) is 6. The van der Waals surface area contributed by atoms with E-state index in [1.807, 2.05) is 60.7 Å². The fraction of sp³-hybridized carbons (Fsp3) is 0.300. The average Bonchev–Trinajstić information content (AvgIpc) is 3.13. The molecule has 0 aliphatic carbocycles. The van der Waals surface area contributed by atoms with Crippen LogP contribution in [0.5, 0.6) is 11.5 Å². The van der Waals surface area contributed by atoms with Crippen LogP contribution in [0.4, 0.5) is 11.4 Å². The van der Waals surface area contributed by atoms with Gasteiger partial charge in [0.1, 0.15) is 23.6 Å². The summed E-state index contributed by atoms with van der Waals surface area (Å²) in [5.41, 5.74) is 1.79. The topological polar surface area (TPSA) is 117 Å². The van der Waals surface area contributed by atoms with Gasteiger partial charge in [-0.05, 0) is 59.7 Å². The Hall–Kier alpha value is -5.64. The number of carbonyl (C=O) groups excluding carboxylic acids is 4. The number of anilines is 2. The fourth-order valence-electron chi connectivity index (χ4n) is 5.51. The molecule has 0 aromatic heterocycles. The second-order valence-corrected chi connectivity index (χ2v) is 12.8. The third kappa shape index (κ3) is 9.95. The SMILES string of the molecule is COc1ccc(N(C)C(=O)C(Cc2ccccc2)NC(=O)C(C)(C)CC(=O)N[C@H](Cc2ccccc2)C(=O)N(C)c2ccc(OC)cc2)cc1. The molecule has 10 nitrogen and oxygen atoms in total. The van der Waals surface area contributed by atoms with E-state index in [1.165, 1.54) is 9.80 Å². The number of nitrogens with one attached hydrogen (secondary N) is 2. The number of benzene rings is 4. The minimum absolute atomic E-state index is 0.218. The molecule has 4 rings (SSSR count). The quantitative estimate of drug-likeness (QED) is 0.179. The van der Waals surface area contributed by atoms with E-state index >= 15 is 0 Å². The van der Waals surface area contributed by atoms with Crippen molar-refractivity contribution < 1.29 is 28.7 Å². The summed E-state index contributed by atoms with van der Waals surface area (Å²) in [7, 11) is 6.44. The lowest BCUT2D eigenvalue weighted by atomic mass is 9.87. The van der Waals surface area contributed by atoms with E-state index in [4.69, 9.17) is 9.47 Å². The second-order valence-electron chi connectivity index (χ2n) is 12.8. The maximum Gasteiger partial charge on any atom is 0.249 e. The van der Waals surface area contributed by atoms with Crippen LogP contribution in [0.3, 0.4) is 0 Å². The first-order chi connectivity index (χ1) is 23.9. The smallest absolute Gasteiger partial charge is 0.249 e. The lowest BCUT2D eigenvalue weighted by Crippen LogP contribution is -2.53. The number of rotatable bonds is 15. The van der Waals surface area contributed by atoms with Gasteiger partial charge in [0, 0.05) is 44.7 Å². The molecule has 0 aliphatic heterocycles. The van der Waals surface area contributed by atoms with Crippen LogP contribution in [0.15, 0.2) is 109 Å². The second kappa shape index (κ2) is 17.1. The molecule has 0 saturated heterocycles. The Balaban J connectivity index is 1.50. The van der Waals surface area contributed by atoms with Crippen molar-refractivity contribution in [2.75, 3.05) is 38.1 Å². The molecule has 0 bridgehead atoms. The van der Waals surface area contributed by atoms with Gasteiger partial charge in [0.25, 0.3) is 0 Å². The molecule has 0 saturated carbocycles. The Morgan fingerprint density at radius 3 is 1.36 bits per heavy atom. The first kappa shape index (κ1) is 37.2. The zero-order valence-corrected chi connectivity index (χ0v) is 29.5. The Morgan fingerprint density at radius 2 is 0.980 bits per heavy atom. The van der Waals surface area contributed by atoms with Gasteiger partial charge in [-0.15, -0.1) is 0 Å². The Morgan fingerprint density at radius 1 is 0.600 bits per heavy atom. The molecular weight excluding hydrogens is 632 g/mol. The van der Waals surface area contributed by atoms with Crippen LogP contribution >= 0.6 is 0 Å². The third-order valence-electron chi connectivity index (χ3n) is 8.60. The molecule has 4 aromatic carbocycles. The lowest BCUT2D eigenvalue weighted by Gasteiger charge is -2.30. The first-order valence-corrected chi connectivity index (χ1v) is 16.4. The summed E-state index contributed by atoms with van der Waals surface area (Å²) in [6, 6.07) is 31.1. The summed E-state index contributed by atoms with van der Waals surface area (Å²) in [5, 5.41) is 5.82.